The second kappa shape index (κ2) is 24.4. The van der Waals surface area contributed by atoms with Crippen LogP contribution < -0.4 is 0 Å². The molecule has 0 saturated heterocycles. The van der Waals surface area contributed by atoms with Crippen molar-refractivity contribution in [3.05, 3.63) is 11.6 Å². The molecule has 4 aliphatic carbocycles. The Balaban J connectivity index is 1.01. The van der Waals surface area contributed by atoms with Crippen LogP contribution in [-0.2, 0) is 28.5 Å². The summed E-state index contributed by atoms with van der Waals surface area (Å²) >= 11 is 0. The van der Waals surface area contributed by atoms with Gasteiger partial charge in [-0.25, -0.2) is 0 Å². The fourth-order valence-electron chi connectivity index (χ4n) is 11.0. The van der Waals surface area contributed by atoms with Gasteiger partial charge in [-0.3, -0.25) is 9.59 Å². The highest BCUT2D eigenvalue weighted by molar-refractivity contribution is 8.76. The van der Waals surface area contributed by atoms with E-state index >= 15 is 0 Å². The lowest BCUT2D eigenvalue weighted by atomic mass is 9.47. The number of fused-ring (bicyclic) bond motifs is 5. The molecule has 0 aromatic heterocycles. The number of hydrogen-bond donors (Lipinski definition) is 0. The molecular formula is C46H80O6S2. The van der Waals surface area contributed by atoms with Crippen LogP contribution in [0.1, 0.15) is 164 Å². The Kier molecular flexibility index (Phi) is 20.9. The zero-order valence-electron chi connectivity index (χ0n) is 35.5. The van der Waals surface area contributed by atoms with Gasteiger partial charge in [-0.2, -0.15) is 0 Å². The third-order valence-electron chi connectivity index (χ3n) is 14.2. The molecule has 3 fully saturated rings. The van der Waals surface area contributed by atoms with Gasteiger partial charge in [0.2, 0.25) is 0 Å². The Bertz CT molecular complexity index is 1130. The standard InChI is InChI=1S/C46H80O6S2/c1-7-8-9-10-11-32-53-54-33-23-38(47)21-26-49-28-30-51-31-29-50-27-22-44(48)52-39-19-24-45(5)37(34-39)15-16-40-42-18-17-41(36(4)14-12-13-35(2)3)46(42,6)25-20-43(40)45/h15,35-36,39-43H,7-14,16-34H2,1-6H3. The number of hydrogen-bond acceptors (Lipinski definition) is 8. The lowest BCUT2D eigenvalue weighted by Gasteiger charge is -2.58. The average molecular weight is 793 g/mol. The summed E-state index contributed by atoms with van der Waals surface area (Å²) in [6.07, 6.45) is 24.6. The van der Waals surface area contributed by atoms with Gasteiger partial charge in [0.25, 0.3) is 0 Å². The number of carbonyl (C=O) groups is 2. The monoisotopic (exact) mass is 793 g/mol. The molecule has 54 heavy (non-hydrogen) atoms. The molecule has 0 heterocycles. The van der Waals surface area contributed by atoms with E-state index in [2.05, 4.69) is 47.6 Å². The Morgan fingerprint density at radius 1 is 0.759 bits per heavy atom. The number of ketones is 1. The third-order valence-corrected chi connectivity index (χ3v) is 16.6. The molecule has 0 aliphatic heterocycles. The lowest BCUT2D eigenvalue weighted by Crippen LogP contribution is -2.51. The quantitative estimate of drug-likeness (QED) is 0.0336. The smallest absolute Gasteiger partial charge is 0.308 e. The minimum Gasteiger partial charge on any atom is -0.462 e. The van der Waals surface area contributed by atoms with Crippen molar-refractivity contribution in [3.63, 3.8) is 0 Å². The van der Waals surface area contributed by atoms with E-state index in [0.29, 0.717) is 57.9 Å². The molecule has 0 aromatic carbocycles. The van der Waals surface area contributed by atoms with Crippen molar-refractivity contribution in [2.24, 2.45) is 46.3 Å². The minimum absolute atomic E-state index is 0.00351. The first-order valence-corrected chi connectivity index (χ1v) is 25.0. The first-order valence-electron chi connectivity index (χ1n) is 22.5. The molecule has 0 N–H and O–H groups in total. The first-order chi connectivity index (χ1) is 26.1. The molecule has 3 saturated carbocycles. The second-order valence-electron chi connectivity index (χ2n) is 18.3. The molecule has 0 bridgehead atoms. The molecule has 4 aliphatic rings. The van der Waals surface area contributed by atoms with Crippen LogP contribution in [0.15, 0.2) is 11.6 Å². The van der Waals surface area contributed by atoms with Crippen molar-refractivity contribution in [2.45, 2.75) is 170 Å². The van der Waals surface area contributed by atoms with E-state index in [-0.39, 0.29) is 29.7 Å². The van der Waals surface area contributed by atoms with Crippen molar-refractivity contribution in [1.29, 1.82) is 0 Å². The summed E-state index contributed by atoms with van der Waals surface area (Å²) in [7, 11) is 3.72. The van der Waals surface area contributed by atoms with Crippen LogP contribution in [0.25, 0.3) is 0 Å². The summed E-state index contributed by atoms with van der Waals surface area (Å²) in [5, 5.41) is 0. The number of ether oxygens (including phenoxy) is 4. The summed E-state index contributed by atoms with van der Waals surface area (Å²) in [6, 6.07) is 0. The van der Waals surface area contributed by atoms with Gasteiger partial charge < -0.3 is 18.9 Å². The molecule has 0 aromatic rings. The number of allylic oxidation sites excluding steroid dienone is 1. The van der Waals surface area contributed by atoms with Gasteiger partial charge >= 0.3 is 5.97 Å². The number of Topliss-reactive ketones (excluding diaryl/α,β-unsaturated/α-hetero) is 1. The van der Waals surface area contributed by atoms with Crippen molar-refractivity contribution >= 4 is 33.3 Å². The van der Waals surface area contributed by atoms with E-state index in [1.165, 1.54) is 89.2 Å². The van der Waals surface area contributed by atoms with Gasteiger partial charge in [0.05, 0.1) is 46.1 Å². The maximum Gasteiger partial charge on any atom is 0.308 e. The molecule has 0 radical (unpaired) electrons. The van der Waals surface area contributed by atoms with E-state index in [0.717, 1.165) is 60.5 Å². The van der Waals surface area contributed by atoms with Crippen LogP contribution in [0.2, 0.25) is 0 Å². The molecule has 312 valence electrons. The molecular weight excluding hydrogens is 713 g/mol. The summed E-state index contributed by atoms with van der Waals surface area (Å²) < 4.78 is 22.9. The van der Waals surface area contributed by atoms with Gasteiger partial charge in [-0.1, -0.05) is 120 Å². The highest BCUT2D eigenvalue weighted by atomic mass is 33.1. The van der Waals surface area contributed by atoms with E-state index in [1.54, 1.807) is 5.57 Å². The average Bonchev–Trinajstić information content (AvgIpc) is 3.50. The van der Waals surface area contributed by atoms with Crippen LogP contribution in [0.5, 0.6) is 0 Å². The SMILES string of the molecule is CCCCCCCSSCCC(=O)CCOCCOCCOCCC(=O)OC1CCC2(C)C(=CCC3C2CCC2(C)C(C(C)CCCC(C)C)CCC32)C1. The molecule has 4 rings (SSSR count). The third kappa shape index (κ3) is 14.1. The van der Waals surface area contributed by atoms with Crippen LogP contribution in [0.3, 0.4) is 0 Å². The van der Waals surface area contributed by atoms with Gasteiger partial charge in [0.15, 0.2) is 0 Å². The van der Waals surface area contributed by atoms with Crippen LogP contribution in [0.4, 0.5) is 0 Å². The van der Waals surface area contributed by atoms with Crippen LogP contribution in [-0.4, -0.2) is 69.0 Å². The predicted octanol–water partition coefficient (Wildman–Crippen LogP) is 12.1. The van der Waals surface area contributed by atoms with Gasteiger partial charge in [0, 0.05) is 30.8 Å². The largest absolute Gasteiger partial charge is 0.462 e. The van der Waals surface area contributed by atoms with Crippen molar-refractivity contribution in [3.8, 4) is 0 Å². The highest BCUT2D eigenvalue weighted by Crippen LogP contribution is 2.67. The summed E-state index contributed by atoms with van der Waals surface area (Å²) in [4.78, 5) is 24.8. The Labute approximate surface area is 339 Å². The van der Waals surface area contributed by atoms with E-state index < -0.39 is 0 Å². The molecule has 8 atom stereocenters. The molecule has 0 spiro atoms. The number of rotatable bonds is 28. The van der Waals surface area contributed by atoms with Crippen LogP contribution in [0, 0.1) is 46.3 Å². The number of unbranched alkanes of at least 4 members (excludes halogenated alkanes) is 4. The zero-order valence-corrected chi connectivity index (χ0v) is 37.1. The minimum atomic E-state index is -0.148. The number of esters is 1. The fraction of sp³-hybridized carbons (Fsp3) is 0.913. The molecule has 8 unspecified atom stereocenters. The molecule has 8 heteroatoms. The van der Waals surface area contributed by atoms with E-state index in [1.807, 2.05) is 21.6 Å². The van der Waals surface area contributed by atoms with Gasteiger partial charge in [-0.15, -0.1) is 0 Å². The normalized spacial score (nSPS) is 29.7. The first kappa shape index (κ1) is 46.2. The van der Waals surface area contributed by atoms with Crippen molar-refractivity contribution < 1.29 is 28.5 Å². The second-order valence-corrected chi connectivity index (χ2v) is 21.0. The number of carbonyl (C=O) groups excluding carboxylic acids is 2. The molecule has 6 nitrogen and oxygen atoms in total. The van der Waals surface area contributed by atoms with Gasteiger partial charge in [-0.05, 0) is 97.7 Å². The summed E-state index contributed by atoms with van der Waals surface area (Å²) in [6.45, 7) is 17.4. The Morgan fingerprint density at radius 2 is 1.46 bits per heavy atom. The summed E-state index contributed by atoms with van der Waals surface area (Å²) in [5.41, 5.74) is 2.36. The van der Waals surface area contributed by atoms with Gasteiger partial charge in [0.1, 0.15) is 11.9 Å². The van der Waals surface area contributed by atoms with Crippen molar-refractivity contribution in [1.82, 2.24) is 0 Å². The highest BCUT2D eigenvalue weighted by Gasteiger charge is 2.59. The predicted molar refractivity (Wildman–Crippen MR) is 228 cm³/mol. The van der Waals surface area contributed by atoms with E-state index in [9.17, 15) is 9.59 Å². The van der Waals surface area contributed by atoms with E-state index in [4.69, 9.17) is 18.9 Å². The van der Waals surface area contributed by atoms with Crippen LogP contribution >= 0.6 is 21.6 Å². The lowest BCUT2D eigenvalue weighted by molar-refractivity contribution is -0.152. The molecule has 0 amide bonds. The Hall–Kier alpha value is -0.540. The zero-order chi connectivity index (χ0) is 38.8. The van der Waals surface area contributed by atoms with Crippen molar-refractivity contribution in [2.75, 3.05) is 51.1 Å². The summed E-state index contributed by atoms with van der Waals surface area (Å²) in [5.74, 6) is 7.23. The maximum absolute atomic E-state index is 12.8. The Morgan fingerprint density at radius 3 is 2.20 bits per heavy atom. The fourth-order valence-corrected chi connectivity index (χ4v) is 13.2. The topological polar surface area (TPSA) is 71.1 Å². The maximum atomic E-state index is 12.8.